The summed E-state index contributed by atoms with van der Waals surface area (Å²) in [6.07, 6.45) is 3.76. The van der Waals surface area contributed by atoms with Crippen molar-refractivity contribution in [1.82, 2.24) is 4.98 Å². The molecule has 0 N–H and O–H groups in total. The fourth-order valence-corrected chi connectivity index (χ4v) is 5.82. The fraction of sp³-hybridized carbons (Fsp3) is 0. The fourth-order valence-electron chi connectivity index (χ4n) is 5.82. The van der Waals surface area contributed by atoms with Gasteiger partial charge in [0, 0.05) is 16.8 Å². The molecule has 2 heterocycles. The van der Waals surface area contributed by atoms with Crippen molar-refractivity contribution in [3.05, 3.63) is 146 Å². The van der Waals surface area contributed by atoms with Crippen LogP contribution < -0.4 is 4.90 Å². The van der Waals surface area contributed by atoms with Gasteiger partial charge in [0.05, 0.1) is 23.5 Å². The molecule has 0 unspecified atom stereocenters. The number of pyridine rings is 1. The van der Waals surface area contributed by atoms with Gasteiger partial charge in [0.1, 0.15) is 5.58 Å². The second-order valence-electron chi connectivity index (χ2n) is 10.1. The Bertz CT molecular complexity index is 2160. The normalized spacial score (nSPS) is 11.5. The number of hydrogen-bond donors (Lipinski definition) is 0. The van der Waals surface area contributed by atoms with E-state index in [4.69, 9.17) is 4.42 Å². The molecule has 0 atom stereocenters. The number of anilines is 3. The molecule has 0 aliphatic rings. The van der Waals surface area contributed by atoms with E-state index in [1.807, 2.05) is 30.6 Å². The van der Waals surface area contributed by atoms with Gasteiger partial charge in [-0.05, 0) is 63.0 Å². The molecule has 8 rings (SSSR count). The number of rotatable bonds is 4. The van der Waals surface area contributed by atoms with Crippen LogP contribution >= 0.6 is 0 Å². The van der Waals surface area contributed by atoms with Gasteiger partial charge in [-0.3, -0.25) is 4.98 Å². The number of benzene rings is 6. The molecule has 3 nitrogen and oxygen atoms in total. The molecule has 0 fully saturated rings. The van der Waals surface area contributed by atoms with Gasteiger partial charge < -0.3 is 9.32 Å². The van der Waals surface area contributed by atoms with Crippen LogP contribution in [0.4, 0.5) is 17.1 Å². The highest BCUT2D eigenvalue weighted by Gasteiger charge is 2.20. The monoisotopic (exact) mass is 512 g/mol. The Kier molecular flexibility index (Phi) is 5.14. The van der Waals surface area contributed by atoms with E-state index < -0.39 is 0 Å². The van der Waals surface area contributed by atoms with Crippen molar-refractivity contribution in [3.8, 4) is 11.1 Å². The van der Waals surface area contributed by atoms with E-state index in [2.05, 4.69) is 125 Å². The SMILES string of the molecule is c1ccc(-c2ccc(N(c3ccc4ccc5ccccc5c4c3)c3cncc4oc5ccccc5c34)cc2)cc1. The van der Waals surface area contributed by atoms with E-state index in [0.29, 0.717) is 0 Å². The minimum absolute atomic E-state index is 0.774. The third-order valence-electron chi connectivity index (χ3n) is 7.73. The maximum atomic E-state index is 6.23. The molecular weight excluding hydrogens is 488 g/mol. The summed E-state index contributed by atoms with van der Waals surface area (Å²) >= 11 is 0. The third-order valence-corrected chi connectivity index (χ3v) is 7.73. The van der Waals surface area contributed by atoms with Crippen molar-refractivity contribution in [1.29, 1.82) is 0 Å². The lowest BCUT2D eigenvalue weighted by atomic mass is 10.0. The zero-order chi connectivity index (χ0) is 26.5. The van der Waals surface area contributed by atoms with E-state index in [-0.39, 0.29) is 0 Å². The Hall–Kier alpha value is -5.41. The Morgan fingerprint density at radius 1 is 0.475 bits per heavy atom. The minimum Gasteiger partial charge on any atom is -0.454 e. The number of hydrogen-bond acceptors (Lipinski definition) is 3. The Morgan fingerprint density at radius 2 is 1.12 bits per heavy atom. The van der Waals surface area contributed by atoms with Gasteiger partial charge >= 0.3 is 0 Å². The van der Waals surface area contributed by atoms with Gasteiger partial charge in [-0.1, -0.05) is 103 Å². The van der Waals surface area contributed by atoms with Crippen LogP contribution in [0, 0.1) is 0 Å². The number of furan rings is 1. The van der Waals surface area contributed by atoms with Crippen LogP contribution in [0.25, 0.3) is 54.6 Å². The molecule has 188 valence electrons. The van der Waals surface area contributed by atoms with Gasteiger partial charge in [-0.15, -0.1) is 0 Å². The van der Waals surface area contributed by atoms with Crippen molar-refractivity contribution >= 4 is 60.5 Å². The summed E-state index contributed by atoms with van der Waals surface area (Å²) in [6.45, 7) is 0. The van der Waals surface area contributed by atoms with Crippen LogP contribution in [0.3, 0.4) is 0 Å². The van der Waals surface area contributed by atoms with Gasteiger partial charge in [0.2, 0.25) is 0 Å². The highest BCUT2D eigenvalue weighted by molar-refractivity contribution is 6.14. The summed E-state index contributed by atoms with van der Waals surface area (Å²) in [4.78, 5) is 6.92. The quantitative estimate of drug-likeness (QED) is 0.220. The highest BCUT2D eigenvalue weighted by Crippen LogP contribution is 2.43. The molecule has 3 heteroatoms. The number of aromatic nitrogens is 1. The van der Waals surface area contributed by atoms with E-state index >= 15 is 0 Å². The van der Waals surface area contributed by atoms with E-state index in [0.717, 1.165) is 39.0 Å². The maximum absolute atomic E-state index is 6.23. The second-order valence-corrected chi connectivity index (χ2v) is 10.1. The molecule has 0 saturated carbocycles. The summed E-state index contributed by atoms with van der Waals surface area (Å²) in [5, 5.41) is 7.04. The predicted octanol–water partition coefficient (Wildman–Crippen LogP) is 10.4. The van der Waals surface area contributed by atoms with E-state index in [1.54, 1.807) is 0 Å². The van der Waals surface area contributed by atoms with Crippen LogP contribution in [-0.2, 0) is 0 Å². The zero-order valence-corrected chi connectivity index (χ0v) is 21.7. The van der Waals surface area contributed by atoms with Crippen LogP contribution in [0.2, 0.25) is 0 Å². The van der Waals surface area contributed by atoms with Crippen LogP contribution in [0.15, 0.2) is 150 Å². The predicted molar refractivity (Wildman–Crippen MR) is 167 cm³/mol. The van der Waals surface area contributed by atoms with Crippen molar-refractivity contribution in [2.75, 3.05) is 4.90 Å². The lowest BCUT2D eigenvalue weighted by Gasteiger charge is -2.26. The van der Waals surface area contributed by atoms with E-state index in [9.17, 15) is 0 Å². The molecule has 0 amide bonds. The molecule has 0 aliphatic heterocycles. The first kappa shape index (κ1) is 22.6. The maximum Gasteiger partial charge on any atom is 0.155 e. The average molecular weight is 513 g/mol. The number of fused-ring (bicyclic) bond motifs is 6. The van der Waals surface area contributed by atoms with Crippen LogP contribution in [0.1, 0.15) is 0 Å². The topological polar surface area (TPSA) is 29.3 Å². The van der Waals surface area contributed by atoms with Crippen LogP contribution in [-0.4, -0.2) is 4.98 Å². The molecule has 0 bridgehead atoms. The molecule has 0 spiro atoms. The molecule has 2 aromatic heterocycles. The molecule has 6 aromatic carbocycles. The number of para-hydroxylation sites is 1. The second kappa shape index (κ2) is 9.11. The molecular formula is C37H24N2O. The summed E-state index contributed by atoms with van der Waals surface area (Å²) < 4.78 is 6.23. The first-order chi connectivity index (χ1) is 19.8. The van der Waals surface area contributed by atoms with E-state index in [1.165, 1.54) is 32.7 Å². The van der Waals surface area contributed by atoms with Gasteiger partial charge in [-0.25, -0.2) is 0 Å². The van der Waals surface area contributed by atoms with Crippen molar-refractivity contribution in [2.24, 2.45) is 0 Å². The Labute approximate surface area is 231 Å². The summed E-state index contributed by atoms with van der Waals surface area (Å²) in [5.74, 6) is 0. The smallest absolute Gasteiger partial charge is 0.155 e. The standard InChI is InChI=1S/C37H24N2O/c1-2-8-25(9-3-1)26-16-19-29(20-17-26)39(34-23-38-24-36-37(34)32-12-6-7-13-35(32)40-36)30-21-18-28-15-14-27-10-4-5-11-31(27)33(28)22-30/h1-24H. The van der Waals surface area contributed by atoms with Crippen LogP contribution in [0.5, 0.6) is 0 Å². The number of nitrogens with zero attached hydrogens (tertiary/aromatic N) is 2. The van der Waals surface area contributed by atoms with Crippen molar-refractivity contribution < 1.29 is 4.42 Å². The van der Waals surface area contributed by atoms with Crippen molar-refractivity contribution in [2.45, 2.75) is 0 Å². The lowest BCUT2D eigenvalue weighted by Crippen LogP contribution is -2.10. The zero-order valence-electron chi connectivity index (χ0n) is 21.7. The highest BCUT2D eigenvalue weighted by atomic mass is 16.3. The summed E-state index contributed by atoms with van der Waals surface area (Å²) in [7, 11) is 0. The molecule has 0 aliphatic carbocycles. The van der Waals surface area contributed by atoms with Crippen molar-refractivity contribution in [3.63, 3.8) is 0 Å². The lowest BCUT2D eigenvalue weighted by molar-refractivity contribution is 0.667. The molecule has 0 radical (unpaired) electrons. The summed E-state index contributed by atoms with van der Waals surface area (Å²) in [6, 6.07) is 47.1. The minimum atomic E-state index is 0.774. The van der Waals surface area contributed by atoms with Gasteiger partial charge in [0.25, 0.3) is 0 Å². The average Bonchev–Trinajstić information content (AvgIpc) is 3.41. The first-order valence-electron chi connectivity index (χ1n) is 13.5. The first-order valence-corrected chi connectivity index (χ1v) is 13.5. The Morgan fingerprint density at radius 3 is 1.98 bits per heavy atom. The Balaban J connectivity index is 1.39. The van der Waals surface area contributed by atoms with Gasteiger partial charge in [-0.2, -0.15) is 0 Å². The summed E-state index contributed by atoms with van der Waals surface area (Å²) in [5.41, 5.74) is 7.11. The molecule has 40 heavy (non-hydrogen) atoms. The van der Waals surface area contributed by atoms with Gasteiger partial charge in [0.15, 0.2) is 5.58 Å². The largest absolute Gasteiger partial charge is 0.454 e. The molecule has 0 saturated heterocycles. The third kappa shape index (κ3) is 3.63. The molecule has 8 aromatic rings.